The first-order chi connectivity index (χ1) is 13.2. The molecule has 3 heterocycles. The monoisotopic (exact) mass is 387 g/mol. The molecule has 1 saturated heterocycles. The number of rotatable bonds is 8. The first-order valence-electron chi connectivity index (χ1n) is 9.79. The van der Waals surface area contributed by atoms with Gasteiger partial charge < -0.3 is 15.5 Å². The molecule has 0 radical (unpaired) electrons. The highest BCUT2D eigenvalue weighted by Gasteiger charge is 2.22. The van der Waals surface area contributed by atoms with Crippen molar-refractivity contribution in [3.05, 3.63) is 34.8 Å². The van der Waals surface area contributed by atoms with Crippen molar-refractivity contribution in [1.29, 1.82) is 0 Å². The number of carbonyl (C=O) groups is 1. The van der Waals surface area contributed by atoms with Crippen LogP contribution < -0.4 is 15.5 Å². The SMILES string of the molecule is CCNc1cc(N2CCC[C@H](CCC(=O)N[C@H](C)c3cccs3)C2)ncn1. The number of carbonyl (C=O) groups excluding carboxylic acids is 1. The summed E-state index contributed by atoms with van der Waals surface area (Å²) in [5, 5.41) is 8.40. The van der Waals surface area contributed by atoms with Crippen LogP contribution in [0.25, 0.3) is 0 Å². The van der Waals surface area contributed by atoms with Crippen molar-refractivity contribution in [2.24, 2.45) is 5.92 Å². The Labute approximate surface area is 165 Å². The maximum atomic E-state index is 12.3. The fourth-order valence-corrected chi connectivity index (χ4v) is 4.30. The molecule has 27 heavy (non-hydrogen) atoms. The van der Waals surface area contributed by atoms with Gasteiger partial charge in [-0.3, -0.25) is 4.79 Å². The molecule has 146 valence electrons. The Hall–Kier alpha value is -2.15. The van der Waals surface area contributed by atoms with Crippen LogP contribution in [0.2, 0.25) is 0 Å². The molecule has 0 aromatic carbocycles. The number of anilines is 2. The summed E-state index contributed by atoms with van der Waals surface area (Å²) in [6, 6.07) is 6.19. The third-order valence-corrected chi connectivity index (χ3v) is 6.04. The Morgan fingerprint density at radius 2 is 2.33 bits per heavy atom. The van der Waals surface area contributed by atoms with E-state index in [0.29, 0.717) is 12.3 Å². The van der Waals surface area contributed by atoms with Crippen LogP contribution in [0.5, 0.6) is 0 Å². The molecule has 7 heteroatoms. The number of thiophene rings is 1. The summed E-state index contributed by atoms with van der Waals surface area (Å²) in [6.07, 6.45) is 5.44. The molecule has 0 spiro atoms. The quantitative estimate of drug-likeness (QED) is 0.720. The van der Waals surface area contributed by atoms with Crippen molar-refractivity contribution >= 4 is 28.9 Å². The van der Waals surface area contributed by atoms with Crippen LogP contribution in [0.1, 0.15) is 50.4 Å². The normalized spacial score (nSPS) is 18.1. The molecule has 2 aromatic heterocycles. The second-order valence-electron chi connectivity index (χ2n) is 7.09. The minimum Gasteiger partial charge on any atom is -0.370 e. The van der Waals surface area contributed by atoms with E-state index in [-0.39, 0.29) is 11.9 Å². The lowest BCUT2D eigenvalue weighted by Crippen LogP contribution is -2.36. The third-order valence-electron chi connectivity index (χ3n) is 4.98. The Morgan fingerprint density at radius 3 is 3.11 bits per heavy atom. The number of hydrogen-bond acceptors (Lipinski definition) is 6. The molecule has 1 aliphatic heterocycles. The summed E-state index contributed by atoms with van der Waals surface area (Å²) in [5.41, 5.74) is 0. The van der Waals surface area contributed by atoms with Gasteiger partial charge in [0.2, 0.25) is 5.91 Å². The van der Waals surface area contributed by atoms with E-state index in [0.717, 1.165) is 44.1 Å². The molecule has 1 fully saturated rings. The zero-order valence-corrected chi connectivity index (χ0v) is 17.0. The zero-order valence-electron chi connectivity index (χ0n) is 16.1. The molecule has 3 rings (SSSR count). The van der Waals surface area contributed by atoms with E-state index in [4.69, 9.17) is 0 Å². The van der Waals surface area contributed by atoms with Crippen LogP contribution in [0.4, 0.5) is 11.6 Å². The first-order valence-corrected chi connectivity index (χ1v) is 10.7. The average Bonchev–Trinajstić information content (AvgIpc) is 3.22. The lowest BCUT2D eigenvalue weighted by Gasteiger charge is -2.33. The minimum absolute atomic E-state index is 0.0888. The van der Waals surface area contributed by atoms with Crippen molar-refractivity contribution in [3.8, 4) is 0 Å². The smallest absolute Gasteiger partial charge is 0.220 e. The van der Waals surface area contributed by atoms with Crippen molar-refractivity contribution in [1.82, 2.24) is 15.3 Å². The van der Waals surface area contributed by atoms with Gasteiger partial charge in [-0.1, -0.05) is 6.07 Å². The third kappa shape index (κ3) is 5.66. The molecule has 2 atom stereocenters. The fourth-order valence-electron chi connectivity index (χ4n) is 3.56. The van der Waals surface area contributed by atoms with Crippen molar-refractivity contribution in [2.45, 2.75) is 45.6 Å². The predicted molar refractivity (Wildman–Crippen MR) is 111 cm³/mol. The Morgan fingerprint density at radius 1 is 1.44 bits per heavy atom. The molecular formula is C20H29N5OS. The lowest BCUT2D eigenvalue weighted by atomic mass is 9.93. The molecular weight excluding hydrogens is 358 g/mol. The lowest BCUT2D eigenvalue weighted by molar-refractivity contribution is -0.122. The molecule has 6 nitrogen and oxygen atoms in total. The molecule has 1 amide bonds. The predicted octanol–water partition coefficient (Wildman–Crippen LogP) is 3.84. The van der Waals surface area contributed by atoms with Crippen LogP contribution in [0.3, 0.4) is 0 Å². The number of piperidine rings is 1. The molecule has 2 aromatic rings. The number of amides is 1. The van der Waals surface area contributed by atoms with Crippen LogP contribution in [-0.2, 0) is 4.79 Å². The largest absolute Gasteiger partial charge is 0.370 e. The van der Waals surface area contributed by atoms with Crippen LogP contribution >= 0.6 is 11.3 Å². The number of nitrogens with one attached hydrogen (secondary N) is 2. The highest BCUT2D eigenvalue weighted by atomic mass is 32.1. The molecule has 0 unspecified atom stereocenters. The molecule has 0 bridgehead atoms. The Kier molecular flexibility index (Phi) is 7.04. The summed E-state index contributed by atoms with van der Waals surface area (Å²) in [4.78, 5) is 24.5. The van der Waals surface area contributed by atoms with E-state index in [2.05, 4.69) is 38.5 Å². The molecule has 0 aliphatic carbocycles. The maximum absolute atomic E-state index is 12.3. The zero-order chi connectivity index (χ0) is 19.1. The Balaban J connectivity index is 1.48. The number of nitrogens with zero attached hydrogens (tertiary/aromatic N) is 3. The maximum Gasteiger partial charge on any atom is 0.220 e. The number of hydrogen-bond donors (Lipinski definition) is 2. The van der Waals surface area contributed by atoms with Crippen molar-refractivity contribution in [3.63, 3.8) is 0 Å². The van der Waals surface area contributed by atoms with Gasteiger partial charge >= 0.3 is 0 Å². The summed E-state index contributed by atoms with van der Waals surface area (Å²) in [5.74, 6) is 2.51. The van der Waals surface area contributed by atoms with Crippen LogP contribution in [-0.4, -0.2) is 35.5 Å². The molecule has 0 saturated carbocycles. The van der Waals surface area contributed by atoms with Gasteiger partial charge in [-0.05, 0) is 50.5 Å². The Bertz CT molecular complexity index is 721. The van der Waals surface area contributed by atoms with Crippen LogP contribution in [0, 0.1) is 5.92 Å². The van der Waals surface area contributed by atoms with Gasteiger partial charge in [0.15, 0.2) is 0 Å². The molecule has 1 aliphatic rings. The fraction of sp³-hybridized carbons (Fsp3) is 0.550. The highest BCUT2D eigenvalue weighted by Crippen LogP contribution is 2.26. The van der Waals surface area contributed by atoms with Crippen LogP contribution in [0.15, 0.2) is 29.9 Å². The summed E-state index contributed by atoms with van der Waals surface area (Å²) < 4.78 is 0. The summed E-state index contributed by atoms with van der Waals surface area (Å²) in [7, 11) is 0. The highest BCUT2D eigenvalue weighted by molar-refractivity contribution is 7.10. The van der Waals surface area contributed by atoms with E-state index < -0.39 is 0 Å². The minimum atomic E-state index is 0.0888. The standard InChI is InChI=1S/C20H29N5OS/c1-3-21-18-12-19(23-14-22-18)25-10-4-6-16(13-25)8-9-20(26)24-15(2)17-7-5-11-27-17/h5,7,11-12,14-16H,3-4,6,8-10,13H2,1-2H3,(H,24,26)(H,21,22,23)/t15-,16-/m1/s1. The van der Waals surface area contributed by atoms with Crippen molar-refractivity contribution in [2.75, 3.05) is 29.9 Å². The van der Waals surface area contributed by atoms with E-state index in [9.17, 15) is 4.79 Å². The van der Waals surface area contributed by atoms with Gasteiger partial charge in [-0.2, -0.15) is 0 Å². The average molecular weight is 388 g/mol. The van der Waals surface area contributed by atoms with Gasteiger partial charge in [0, 0.05) is 37.0 Å². The van der Waals surface area contributed by atoms with E-state index >= 15 is 0 Å². The molecule has 2 N–H and O–H groups in total. The van der Waals surface area contributed by atoms with E-state index in [1.54, 1.807) is 17.7 Å². The topological polar surface area (TPSA) is 70.2 Å². The van der Waals surface area contributed by atoms with Gasteiger partial charge in [-0.15, -0.1) is 11.3 Å². The number of aromatic nitrogens is 2. The van der Waals surface area contributed by atoms with Gasteiger partial charge in [0.1, 0.15) is 18.0 Å². The summed E-state index contributed by atoms with van der Waals surface area (Å²) in [6.45, 7) is 6.92. The van der Waals surface area contributed by atoms with Gasteiger partial charge in [0.05, 0.1) is 6.04 Å². The first kappa shape index (κ1) is 19.6. The second-order valence-corrected chi connectivity index (χ2v) is 8.07. The van der Waals surface area contributed by atoms with E-state index in [1.807, 2.05) is 24.4 Å². The summed E-state index contributed by atoms with van der Waals surface area (Å²) >= 11 is 1.68. The van der Waals surface area contributed by atoms with Crippen molar-refractivity contribution < 1.29 is 4.79 Å². The van der Waals surface area contributed by atoms with Gasteiger partial charge in [0.25, 0.3) is 0 Å². The second kappa shape index (κ2) is 9.69. The van der Waals surface area contributed by atoms with E-state index in [1.165, 1.54) is 11.3 Å². The van der Waals surface area contributed by atoms with Gasteiger partial charge in [-0.25, -0.2) is 9.97 Å².